The van der Waals surface area contributed by atoms with Gasteiger partial charge >= 0.3 is 0 Å². The van der Waals surface area contributed by atoms with Crippen LogP contribution in [0.4, 0.5) is 0 Å². The molecule has 24 heavy (non-hydrogen) atoms. The Morgan fingerprint density at radius 1 is 1.04 bits per heavy atom. The molecule has 126 valence electrons. The monoisotopic (exact) mass is 346 g/mol. The fraction of sp³-hybridized carbons (Fsp3) is 0.222. The molecule has 0 aliphatic heterocycles. The van der Waals surface area contributed by atoms with E-state index in [2.05, 4.69) is 10.6 Å². The summed E-state index contributed by atoms with van der Waals surface area (Å²) < 4.78 is 5.09. The molecule has 2 aromatic rings. The molecule has 0 spiro atoms. The Morgan fingerprint density at radius 3 is 2.42 bits per heavy atom. The number of amides is 2. The van der Waals surface area contributed by atoms with E-state index in [1.165, 1.54) is 0 Å². The summed E-state index contributed by atoms with van der Waals surface area (Å²) in [5, 5.41) is 5.67. The Kier molecular flexibility index (Phi) is 6.63. The maximum Gasteiger partial charge on any atom is 0.253 e. The third-order valence-corrected chi connectivity index (χ3v) is 3.75. The van der Waals surface area contributed by atoms with Crippen molar-refractivity contribution in [3.63, 3.8) is 0 Å². The molecule has 0 saturated carbocycles. The number of hydrogen-bond acceptors (Lipinski definition) is 3. The predicted octanol–water partition coefficient (Wildman–Crippen LogP) is 2.44. The van der Waals surface area contributed by atoms with Gasteiger partial charge in [-0.15, -0.1) is 0 Å². The van der Waals surface area contributed by atoms with Gasteiger partial charge in [-0.2, -0.15) is 0 Å². The molecule has 2 amide bonds. The summed E-state index contributed by atoms with van der Waals surface area (Å²) in [6.07, 6.45) is 0.703. The molecule has 0 bridgehead atoms. The Balaban J connectivity index is 1.71. The van der Waals surface area contributed by atoms with E-state index in [0.29, 0.717) is 23.6 Å². The summed E-state index contributed by atoms with van der Waals surface area (Å²) in [7, 11) is 1.62. The second-order valence-corrected chi connectivity index (χ2v) is 5.52. The van der Waals surface area contributed by atoms with Crippen molar-refractivity contribution in [2.24, 2.45) is 0 Å². The van der Waals surface area contributed by atoms with Gasteiger partial charge in [0.1, 0.15) is 5.75 Å². The fourth-order valence-corrected chi connectivity index (χ4v) is 2.32. The van der Waals surface area contributed by atoms with Gasteiger partial charge in [-0.3, -0.25) is 9.59 Å². The van der Waals surface area contributed by atoms with Gasteiger partial charge in [0, 0.05) is 6.54 Å². The molecular formula is C18H19ClN2O3. The number of rotatable bonds is 7. The van der Waals surface area contributed by atoms with Crippen LogP contribution in [0, 0.1) is 0 Å². The molecule has 0 saturated heterocycles. The zero-order valence-electron chi connectivity index (χ0n) is 13.3. The van der Waals surface area contributed by atoms with Crippen molar-refractivity contribution in [3.8, 4) is 5.75 Å². The molecule has 2 rings (SSSR count). The minimum Gasteiger partial charge on any atom is -0.497 e. The zero-order valence-corrected chi connectivity index (χ0v) is 14.1. The minimum absolute atomic E-state index is 0.0906. The average molecular weight is 347 g/mol. The summed E-state index contributed by atoms with van der Waals surface area (Å²) in [5.41, 5.74) is 1.45. The molecule has 0 atom stereocenters. The van der Waals surface area contributed by atoms with Crippen molar-refractivity contribution in [2.45, 2.75) is 6.42 Å². The van der Waals surface area contributed by atoms with Crippen LogP contribution in [0.3, 0.4) is 0 Å². The van der Waals surface area contributed by atoms with E-state index in [1.54, 1.807) is 31.4 Å². The lowest BCUT2D eigenvalue weighted by atomic mass is 10.1. The summed E-state index contributed by atoms with van der Waals surface area (Å²) in [4.78, 5) is 23.7. The summed E-state index contributed by atoms with van der Waals surface area (Å²) in [6, 6.07) is 14.3. The molecule has 0 aliphatic carbocycles. The van der Waals surface area contributed by atoms with Crippen LogP contribution in [-0.4, -0.2) is 32.0 Å². The lowest BCUT2D eigenvalue weighted by molar-refractivity contribution is -0.120. The van der Waals surface area contributed by atoms with Gasteiger partial charge in [0.2, 0.25) is 5.91 Å². The van der Waals surface area contributed by atoms with Crippen molar-refractivity contribution in [1.82, 2.24) is 10.6 Å². The highest BCUT2D eigenvalue weighted by molar-refractivity contribution is 6.33. The maximum absolute atomic E-state index is 11.9. The molecule has 0 radical (unpaired) electrons. The Bertz CT molecular complexity index is 702. The van der Waals surface area contributed by atoms with Crippen molar-refractivity contribution in [1.29, 1.82) is 0 Å². The molecule has 0 fully saturated rings. The maximum atomic E-state index is 11.9. The van der Waals surface area contributed by atoms with E-state index >= 15 is 0 Å². The normalized spacial score (nSPS) is 10.1. The zero-order chi connectivity index (χ0) is 17.4. The fourth-order valence-electron chi connectivity index (χ4n) is 2.10. The number of carbonyl (C=O) groups is 2. The number of benzene rings is 2. The highest BCUT2D eigenvalue weighted by Gasteiger charge is 2.10. The van der Waals surface area contributed by atoms with E-state index in [-0.39, 0.29) is 18.4 Å². The molecule has 0 aromatic heterocycles. The van der Waals surface area contributed by atoms with Crippen LogP contribution in [-0.2, 0) is 11.2 Å². The standard InChI is InChI=1S/C18H19ClN2O3/c1-24-14-8-6-13(7-9-14)10-11-20-17(22)12-21-18(23)15-4-2-3-5-16(15)19/h2-9H,10-12H2,1H3,(H,20,22)(H,21,23). The Labute approximate surface area is 146 Å². The van der Waals surface area contributed by atoms with Crippen molar-refractivity contribution in [2.75, 3.05) is 20.2 Å². The quantitative estimate of drug-likeness (QED) is 0.809. The first kappa shape index (κ1) is 17.8. The highest BCUT2D eigenvalue weighted by atomic mass is 35.5. The van der Waals surface area contributed by atoms with E-state index < -0.39 is 0 Å². The summed E-state index contributed by atoms with van der Waals surface area (Å²) in [5.74, 6) is 0.180. The average Bonchev–Trinajstić information content (AvgIpc) is 2.60. The van der Waals surface area contributed by atoms with Crippen LogP contribution in [0.25, 0.3) is 0 Å². The first-order valence-corrected chi connectivity index (χ1v) is 7.90. The van der Waals surface area contributed by atoms with E-state index in [0.717, 1.165) is 11.3 Å². The molecule has 2 aromatic carbocycles. The van der Waals surface area contributed by atoms with Gasteiger partial charge in [0.25, 0.3) is 5.91 Å². The number of ether oxygens (including phenoxy) is 1. The molecule has 2 N–H and O–H groups in total. The topological polar surface area (TPSA) is 67.4 Å². The van der Waals surface area contributed by atoms with Crippen LogP contribution >= 0.6 is 11.6 Å². The van der Waals surface area contributed by atoms with E-state index in [1.807, 2.05) is 24.3 Å². The van der Waals surface area contributed by atoms with Gasteiger partial charge in [0.15, 0.2) is 0 Å². The molecular weight excluding hydrogens is 328 g/mol. The van der Waals surface area contributed by atoms with Gasteiger partial charge < -0.3 is 15.4 Å². The molecule has 0 heterocycles. The lowest BCUT2D eigenvalue weighted by Gasteiger charge is -2.08. The van der Waals surface area contributed by atoms with Crippen LogP contribution in [0.5, 0.6) is 5.75 Å². The van der Waals surface area contributed by atoms with E-state index in [9.17, 15) is 9.59 Å². The minimum atomic E-state index is -0.370. The summed E-state index contributed by atoms with van der Waals surface area (Å²) >= 11 is 5.94. The smallest absolute Gasteiger partial charge is 0.253 e. The van der Waals surface area contributed by atoms with Gasteiger partial charge in [-0.25, -0.2) is 0 Å². The second-order valence-electron chi connectivity index (χ2n) is 5.11. The van der Waals surface area contributed by atoms with E-state index in [4.69, 9.17) is 16.3 Å². The molecule has 0 aliphatic rings. The van der Waals surface area contributed by atoms with Crippen LogP contribution in [0.15, 0.2) is 48.5 Å². The number of hydrogen-bond donors (Lipinski definition) is 2. The molecule has 6 heteroatoms. The summed E-state index contributed by atoms with van der Waals surface area (Å²) in [6.45, 7) is 0.403. The third-order valence-electron chi connectivity index (χ3n) is 3.42. The highest BCUT2D eigenvalue weighted by Crippen LogP contribution is 2.14. The Morgan fingerprint density at radius 2 is 1.75 bits per heavy atom. The van der Waals surface area contributed by atoms with Crippen LogP contribution in [0.1, 0.15) is 15.9 Å². The number of carbonyl (C=O) groups excluding carboxylic acids is 2. The second kappa shape index (κ2) is 8.93. The molecule has 0 unspecified atom stereocenters. The lowest BCUT2D eigenvalue weighted by Crippen LogP contribution is -2.37. The third kappa shape index (κ3) is 5.28. The van der Waals surface area contributed by atoms with Gasteiger partial charge in [0.05, 0.1) is 24.2 Å². The first-order chi connectivity index (χ1) is 11.6. The SMILES string of the molecule is COc1ccc(CCNC(=O)CNC(=O)c2ccccc2Cl)cc1. The number of methoxy groups -OCH3 is 1. The largest absolute Gasteiger partial charge is 0.497 e. The Hall–Kier alpha value is -2.53. The van der Waals surface area contributed by atoms with Gasteiger partial charge in [-0.05, 0) is 36.2 Å². The van der Waals surface area contributed by atoms with Crippen molar-refractivity contribution >= 4 is 23.4 Å². The number of nitrogens with one attached hydrogen (secondary N) is 2. The van der Waals surface area contributed by atoms with Crippen molar-refractivity contribution in [3.05, 3.63) is 64.7 Å². The van der Waals surface area contributed by atoms with Crippen LogP contribution in [0.2, 0.25) is 5.02 Å². The molecule has 5 nitrogen and oxygen atoms in total. The predicted molar refractivity (Wildman–Crippen MR) is 93.5 cm³/mol. The number of halogens is 1. The van der Waals surface area contributed by atoms with Crippen LogP contribution < -0.4 is 15.4 Å². The van der Waals surface area contributed by atoms with Crippen molar-refractivity contribution < 1.29 is 14.3 Å². The van der Waals surface area contributed by atoms with Gasteiger partial charge in [-0.1, -0.05) is 35.9 Å². The first-order valence-electron chi connectivity index (χ1n) is 7.52.